The third kappa shape index (κ3) is 3.01. The van der Waals surface area contributed by atoms with Gasteiger partial charge in [-0.3, -0.25) is 0 Å². The Hall–Kier alpha value is -0.120. The Kier molecular flexibility index (Phi) is 3.81. The first-order valence-corrected chi connectivity index (χ1v) is 6.95. The van der Waals surface area contributed by atoms with E-state index in [9.17, 15) is 0 Å². The minimum Gasteiger partial charge on any atom is -0.347 e. The third-order valence-electron chi connectivity index (χ3n) is 4.21. The van der Waals surface area contributed by atoms with E-state index in [2.05, 4.69) is 32.6 Å². The van der Waals surface area contributed by atoms with Gasteiger partial charge >= 0.3 is 0 Å². The van der Waals surface area contributed by atoms with Crippen LogP contribution in [0.15, 0.2) is 0 Å². The monoisotopic (exact) mass is 241 g/mol. The number of hydrogen-bond acceptors (Lipinski definition) is 3. The molecule has 2 unspecified atom stereocenters. The van der Waals surface area contributed by atoms with Gasteiger partial charge in [0, 0.05) is 12.0 Å². The number of hydrogen-bond donors (Lipinski definition) is 0. The van der Waals surface area contributed by atoms with Gasteiger partial charge in [0.2, 0.25) is 0 Å². The highest BCUT2D eigenvalue weighted by Gasteiger charge is 2.46. The average molecular weight is 241 g/mol. The minimum atomic E-state index is -0.423. The van der Waals surface area contributed by atoms with Crippen LogP contribution >= 0.6 is 0 Å². The van der Waals surface area contributed by atoms with Crippen LogP contribution in [0.4, 0.5) is 0 Å². The van der Waals surface area contributed by atoms with Crippen molar-refractivity contribution in [3.05, 3.63) is 0 Å². The molecule has 3 nitrogen and oxygen atoms in total. The lowest BCUT2D eigenvalue weighted by molar-refractivity contribution is -0.218. The largest absolute Gasteiger partial charge is 0.347 e. The molecule has 0 aromatic rings. The maximum atomic E-state index is 6.15. The Morgan fingerprint density at radius 3 is 2.35 bits per heavy atom. The highest BCUT2D eigenvalue weighted by atomic mass is 16.7. The normalized spacial score (nSPS) is 36.4. The summed E-state index contributed by atoms with van der Waals surface area (Å²) >= 11 is 0. The van der Waals surface area contributed by atoms with E-state index >= 15 is 0 Å². The maximum absolute atomic E-state index is 6.15. The van der Waals surface area contributed by atoms with E-state index in [1.54, 1.807) is 0 Å². The van der Waals surface area contributed by atoms with Crippen LogP contribution < -0.4 is 0 Å². The zero-order chi connectivity index (χ0) is 12.5. The quantitative estimate of drug-likeness (QED) is 0.742. The Morgan fingerprint density at radius 1 is 1.18 bits per heavy atom. The Labute approximate surface area is 105 Å². The topological polar surface area (TPSA) is 21.7 Å². The lowest BCUT2D eigenvalue weighted by Gasteiger charge is -2.37. The van der Waals surface area contributed by atoms with Gasteiger partial charge in [0.1, 0.15) is 0 Å². The molecule has 0 saturated carbocycles. The molecule has 0 N–H and O–H groups in total. The molecular formula is C14H27NO2. The number of piperidine rings is 1. The molecular weight excluding hydrogens is 214 g/mol. The molecule has 0 bridgehead atoms. The molecule has 2 aliphatic heterocycles. The summed E-state index contributed by atoms with van der Waals surface area (Å²) in [5.41, 5.74) is 0.0314. The Morgan fingerprint density at radius 2 is 1.82 bits per heavy atom. The number of rotatable bonds is 2. The molecule has 2 fully saturated rings. The van der Waals surface area contributed by atoms with Gasteiger partial charge in [-0.15, -0.1) is 0 Å². The van der Waals surface area contributed by atoms with Crippen LogP contribution in [-0.4, -0.2) is 43.0 Å². The van der Waals surface area contributed by atoms with E-state index in [-0.39, 0.29) is 11.5 Å². The molecule has 0 aromatic carbocycles. The standard InChI is InChI=1S/C14H27NO2/c1-13(2,3)14(4)16-11-12(17-14)10-15-8-6-5-7-9-15/h12H,5-11H2,1-4H3. The predicted molar refractivity (Wildman–Crippen MR) is 69.0 cm³/mol. The van der Waals surface area contributed by atoms with Gasteiger partial charge in [0.15, 0.2) is 5.79 Å². The van der Waals surface area contributed by atoms with Gasteiger partial charge in [-0.2, -0.15) is 0 Å². The van der Waals surface area contributed by atoms with E-state index in [4.69, 9.17) is 9.47 Å². The van der Waals surface area contributed by atoms with Gasteiger partial charge < -0.3 is 14.4 Å². The fraction of sp³-hybridized carbons (Fsp3) is 1.00. The second-order valence-corrected chi connectivity index (χ2v) is 6.61. The van der Waals surface area contributed by atoms with E-state index in [0.717, 1.165) is 13.2 Å². The van der Waals surface area contributed by atoms with Gasteiger partial charge in [-0.25, -0.2) is 0 Å². The summed E-state index contributed by atoms with van der Waals surface area (Å²) in [5, 5.41) is 0. The van der Waals surface area contributed by atoms with Crippen molar-refractivity contribution >= 4 is 0 Å². The fourth-order valence-electron chi connectivity index (χ4n) is 2.55. The van der Waals surface area contributed by atoms with Crippen LogP contribution in [0.3, 0.4) is 0 Å². The molecule has 0 amide bonds. The average Bonchev–Trinajstić information content (AvgIpc) is 2.62. The van der Waals surface area contributed by atoms with Crippen LogP contribution in [-0.2, 0) is 9.47 Å². The number of nitrogens with zero attached hydrogens (tertiary/aromatic N) is 1. The van der Waals surface area contributed by atoms with Gasteiger partial charge in [-0.1, -0.05) is 27.2 Å². The van der Waals surface area contributed by atoms with E-state index in [1.165, 1.54) is 32.4 Å². The lowest BCUT2D eigenvalue weighted by Crippen LogP contribution is -2.43. The van der Waals surface area contributed by atoms with Crippen molar-refractivity contribution in [3.63, 3.8) is 0 Å². The van der Waals surface area contributed by atoms with E-state index in [0.29, 0.717) is 0 Å². The zero-order valence-electron chi connectivity index (χ0n) is 11.8. The second-order valence-electron chi connectivity index (χ2n) is 6.61. The molecule has 17 heavy (non-hydrogen) atoms. The first-order chi connectivity index (χ1) is 7.91. The summed E-state index contributed by atoms with van der Waals surface area (Å²) in [5.74, 6) is -0.423. The predicted octanol–water partition coefficient (Wildman–Crippen LogP) is 2.65. The van der Waals surface area contributed by atoms with E-state index in [1.807, 2.05) is 0 Å². The molecule has 0 spiro atoms. The second kappa shape index (κ2) is 4.87. The summed E-state index contributed by atoms with van der Waals surface area (Å²) in [6.07, 6.45) is 4.31. The molecule has 2 atom stereocenters. The van der Waals surface area contributed by atoms with Crippen LogP contribution in [0, 0.1) is 5.41 Å². The van der Waals surface area contributed by atoms with Gasteiger partial charge in [0.25, 0.3) is 0 Å². The van der Waals surface area contributed by atoms with Crippen molar-refractivity contribution in [3.8, 4) is 0 Å². The summed E-state index contributed by atoms with van der Waals surface area (Å²) in [6, 6.07) is 0. The summed E-state index contributed by atoms with van der Waals surface area (Å²) in [7, 11) is 0. The molecule has 2 heterocycles. The zero-order valence-corrected chi connectivity index (χ0v) is 11.8. The highest BCUT2D eigenvalue weighted by molar-refractivity contribution is 4.87. The first-order valence-electron chi connectivity index (χ1n) is 6.95. The van der Waals surface area contributed by atoms with Gasteiger partial charge in [-0.05, 0) is 32.9 Å². The summed E-state index contributed by atoms with van der Waals surface area (Å²) in [6.45, 7) is 12.8. The van der Waals surface area contributed by atoms with Crippen molar-refractivity contribution in [2.75, 3.05) is 26.2 Å². The molecule has 2 rings (SSSR count). The fourth-order valence-corrected chi connectivity index (χ4v) is 2.55. The molecule has 0 radical (unpaired) electrons. The minimum absolute atomic E-state index is 0.0314. The maximum Gasteiger partial charge on any atom is 0.170 e. The molecule has 2 aliphatic rings. The molecule has 100 valence electrons. The Balaban J connectivity index is 1.85. The Bertz CT molecular complexity index is 255. The summed E-state index contributed by atoms with van der Waals surface area (Å²) < 4.78 is 12.1. The van der Waals surface area contributed by atoms with Crippen molar-refractivity contribution < 1.29 is 9.47 Å². The molecule has 0 aromatic heterocycles. The summed E-state index contributed by atoms with van der Waals surface area (Å²) in [4.78, 5) is 2.52. The molecule has 0 aliphatic carbocycles. The number of likely N-dealkylation sites (tertiary alicyclic amines) is 1. The van der Waals surface area contributed by atoms with Crippen molar-refractivity contribution in [1.29, 1.82) is 0 Å². The SMILES string of the molecule is CC(C)(C)C1(C)OCC(CN2CCCCC2)O1. The van der Waals surface area contributed by atoms with Crippen molar-refractivity contribution in [2.24, 2.45) is 5.41 Å². The van der Waals surface area contributed by atoms with Gasteiger partial charge in [0.05, 0.1) is 12.7 Å². The van der Waals surface area contributed by atoms with Crippen LogP contribution in [0.5, 0.6) is 0 Å². The van der Waals surface area contributed by atoms with Crippen LogP contribution in [0.2, 0.25) is 0 Å². The van der Waals surface area contributed by atoms with Crippen molar-refractivity contribution in [1.82, 2.24) is 4.90 Å². The molecule has 2 saturated heterocycles. The first kappa shape index (κ1) is 13.3. The smallest absolute Gasteiger partial charge is 0.170 e. The van der Waals surface area contributed by atoms with E-state index < -0.39 is 5.79 Å². The third-order valence-corrected chi connectivity index (χ3v) is 4.21. The van der Waals surface area contributed by atoms with Crippen LogP contribution in [0.1, 0.15) is 47.0 Å². The van der Waals surface area contributed by atoms with Crippen molar-refractivity contribution in [2.45, 2.75) is 58.8 Å². The molecule has 3 heteroatoms. The highest BCUT2D eigenvalue weighted by Crippen LogP contribution is 2.39. The number of ether oxygens (including phenoxy) is 2. The lowest BCUT2D eigenvalue weighted by atomic mass is 9.87. The van der Waals surface area contributed by atoms with Crippen LogP contribution in [0.25, 0.3) is 0 Å².